The van der Waals surface area contributed by atoms with Crippen molar-refractivity contribution in [2.45, 2.75) is 50.9 Å². The Morgan fingerprint density at radius 3 is 2.26 bits per heavy atom. The summed E-state index contributed by atoms with van der Waals surface area (Å²) >= 11 is 0. The van der Waals surface area contributed by atoms with Crippen molar-refractivity contribution in [3.05, 3.63) is 35.4 Å². The van der Waals surface area contributed by atoms with Gasteiger partial charge >= 0.3 is 12.1 Å². The van der Waals surface area contributed by atoms with E-state index in [1.807, 2.05) is 0 Å². The maximum atomic E-state index is 12.5. The molecule has 1 aromatic rings. The predicted octanol–water partition coefficient (Wildman–Crippen LogP) is 3.31. The van der Waals surface area contributed by atoms with Crippen molar-refractivity contribution < 1.29 is 27.5 Å². The maximum absolute atomic E-state index is 12.5. The second-order valence-electron chi connectivity index (χ2n) is 5.61. The van der Waals surface area contributed by atoms with Gasteiger partial charge in [0.1, 0.15) is 0 Å². The third-order valence-electron chi connectivity index (χ3n) is 3.80. The van der Waals surface area contributed by atoms with Crippen LogP contribution in [0.2, 0.25) is 0 Å². The number of nitrogens with one attached hydrogen (secondary N) is 1. The molecule has 4 nitrogen and oxygen atoms in total. The fraction of sp³-hybridized carbons (Fsp3) is 0.500. The standard InChI is InChI=1S/C16H18F3NO3/c1-10(14(21)20-13-4-2-3-5-13)23-15(22)11-6-8-12(9-7-11)16(17,18)19/h6-10,13H,2-5H2,1H3,(H,20,21)/t10-/m0/s1. The molecule has 1 aliphatic rings. The monoisotopic (exact) mass is 329 g/mol. The summed E-state index contributed by atoms with van der Waals surface area (Å²) in [5.41, 5.74) is -0.875. The van der Waals surface area contributed by atoms with Gasteiger partial charge in [0.25, 0.3) is 5.91 Å². The van der Waals surface area contributed by atoms with Crippen LogP contribution >= 0.6 is 0 Å². The molecule has 0 saturated heterocycles. The van der Waals surface area contributed by atoms with Crippen LogP contribution in [0.1, 0.15) is 48.5 Å². The molecule has 7 heteroatoms. The van der Waals surface area contributed by atoms with Crippen LogP contribution in [0.15, 0.2) is 24.3 Å². The Hall–Kier alpha value is -2.05. The van der Waals surface area contributed by atoms with Gasteiger partial charge in [0, 0.05) is 6.04 Å². The summed E-state index contributed by atoms with van der Waals surface area (Å²) in [6, 6.07) is 3.79. The first-order valence-electron chi connectivity index (χ1n) is 7.46. The van der Waals surface area contributed by atoms with Crippen LogP contribution in [0, 0.1) is 0 Å². The van der Waals surface area contributed by atoms with Gasteiger partial charge in [-0.05, 0) is 44.0 Å². The Morgan fingerprint density at radius 2 is 1.74 bits per heavy atom. The number of benzene rings is 1. The van der Waals surface area contributed by atoms with Gasteiger partial charge in [-0.15, -0.1) is 0 Å². The van der Waals surface area contributed by atoms with Crippen molar-refractivity contribution >= 4 is 11.9 Å². The molecule has 1 fully saturated rings. The van der Waals surface area contributed by atoms with E-state index < -0.39 is 29.7 Å². The fourth-order valence-electron chi connectivity index (χ4n) is 2.47. The van der Waals surface area contributed by atoms with E-state index in [1.165, 1.54) is 6.92 Å². The lowest BCUT2D eigenvalue weighted by molar-refractivity contribution is -0.137. The van der Waals surface area contributed by atoms with Gasteiger partial charge in [0.05, 0.1) is 11.1 Å². The summed E-state index contributed by atoms with van der Waals surface area (Å²) in [5, 5.41) is 2.80. The number of carbonyl (C=O) groups excluding carboxylic acids is 2. The molecule has 0 aromatic heterocycles. The molecule has 0 radical (unpaired) electrons. The molecule has 1 aliphatic carbocycles. The Bertz CT molecular complexity index is 563. The van der Waals surface area contributed by atoms with Crippen LogP contribution in [0.5, 0.6) is 0 Å². The molecule has 0 bridgehead atoms. The minimum absolute atomic E-state index is 0.0292. The largest absolute Gasteiger partial charge is 0.449 e. The van der Waals surface area contributed by atoms with Gasteiger partial charge in [0.2, 0.25) is 0 Å². The van der Waals surface area contributed by atoms with Crippen LogP contribution in [0.25, 0.3) is 0 Å². The summed E-state index contributed by atoms with van der Waals surface area (Å²) < 4.78 is 42.4. The fourth-order valence-corrected chi connectivity index (χ4v) is 2.47. The molecule has 1 atom stereocenters. The number of esters is 1. The van der Waals surface area contributed by atoms with E-state index in [1.54, 1.807) is 0 Å². The van der Waals surface area contributed by atoms with Gasteiger partial charge in [-0.2, -0.15) is 13.2 Å². The number of alkyl halides is 3. The number of halogens is 3. The van der Waals surface area contributed by atoms with Gasteiger partial charge in [-0.1, -0.05) is 12.8 Å². The highest BCUT2D eigenvalue weighted by Crippen LogP contribution is 2.29. The average Bonchev–Trinajstić information content (AvgIpc) is 2.99. The Balaban J connectivity index is 1.91. The summed E-state index contributed by atoms with van der Waals surface area (Å²) in [6.07, 6.45) is -1.52. The lowest BCUT2D eigenvalue weighted by atomic mass is 10.1. The van der Waals surface area contributed by atoms with Gasteiger partial charge in [-0.3, -0.25) is 4.79 Å². The highest BCUT2D eigenvalue weighted by atomic mass is 19.4. The third-order valence-corrected chi connectivity index (χ3v) is 3.80. The van der Waals surface area contributed by atoms with Crippen molar-refractivity contribution in [1.82, 2.24) is 5.32 Å². The first-order valence-corrected chi connectivity index (χ1v) is 7.46. The molecule has 23 heavy (non-hydrogen) atoms. The van der Waals surface area contributed by atoms with Crippen LogP contribution in [-0.4, -0.2) is 24.0 Å². The van der Waals surface area contributed by atoms with Crippen molar-refractivity contribution in [3.63, 3.8) is 0 Å². The Kier molecular flexibility index (Phi) is 5.28. The summed E-state index contributed by atoms with van der Waals surface area (Å²) in [7, 11) is 0. The number of hydrogen-bond acceptors (Lipinski definition) is 3. The first kappa shape index (κ1) is 17.3. The van der Waals surface area contributed by atoms with Crippen LogP contribution < -0.4 is 5.32 Å². The molecule has 1 saturated carbocycles. The zero-order chi connectivity index (χ0) is 17.0. The normalized spacial score (nSPS) is 16.9. The molecular weight excluding hydrogens is 311 g/mol. The van der Waals surface area contributed by atoms with E-state index in [0.717, 1.165) is 49.9 Å². The van der Waals surface area contributed by atoms with E-state index in [4.69, 9.17) is 4.74 Å². The average molecular weight is 329 g/mol. The van der Waals surface area contributed by atoms with Crippen molar-refractivity contribution in [2.24, 2.45) is 0 Å². The van der Waals surface area contributed by atoms with Gasteiger partial charge < -0.3 is 10.1 Å². The number of amides is 1. The summed E-state index contributed by atoms with van der Waals surface area (Å²) in [6.45, 7) is 1.44. The van der Waals surface area contributed by atoms with Gasteiger partial charge in [0.15, 0.2) is 6.10 Å². The molecule has 0 heterocycles. The SMILES string of the molecule is C[C@H](OC(=O)c1ccc(C(F)(F)F)cc1)C(=O)NC1CCCC1. The lowest BCUT2D eigenvalue weighted by Crippen LogP contribution is -2.40. The van der Waals surface area contributed by atoms with E-state index >= 15 is 0 Å². The highest BCUT2D eigenvalue weighted by molar-refractivity contribution is 5.92. The van der Waals surface area contributed by atoms with Gasteiger partial charge in [-0.25, -0.2) is 4.79 Å². The second kappa shape index (κ2) is 7.02. The summed E-state index contributed by atoms with van der Waals surface area (Å²) in [5.74, 6) is -1.22. The van der Waals surface area contributed by atoms with E-state index in [9.17, 15) is 22.8 Å². The minimum atomic E-state index is -4.46. The molecule has 1 amide bonds. The first-order chi connectivity index (χ1) is 10.8. The number of hydrogen-bond donors (Lipinski definition) is 1. The van der Waals surface area contributed by atoms with Crippen molar-refractivity contribution in [1.29, 1.82) is 0 Å². The smallest absolute Gasteiger partial charge is 0.416 e. The molecule has 0 spiro atoms. The molecule has 0 unspecified atom stereocenters. The third kappa shape index (κ3) is 4.71. The van der Waals surface area contributed by atoms with E-state index in [0.29, 0.717) is 0 Å². The van der Waals surface area contributed by atoms with E-state index in [2.05, 4.69) is 5.32 Å². The molecule has 0 aliphatic heterocycles. The predicted molar refractivity (Wildman–Crippen MR) is 76.7 cm³/mol. The Morgan fingerprint density at radius 1 is 1.17 bits per heavy atom. The second-order valence-corrected chi connectivity index (χ2v) is 5.61. The van der Waals surface area contributed by atoms with Crippen molar-refractivity contribution in [3.8, 4) is 0 Å². The zero-order valence-electron chi connectivity index (χ0n) is 12.7. The summed E-state index contributed by atoms with van der Waals surface area (Å²) in [4.78, 5) is 23.8. The van der Waals surface area contributed by atoms with Crippen LogP contribution in [-0.2, 0) is 15.7 Å². The zero-order valence-corrected chi connectivity index (χ0v) is 12.7. The molecule has 126 valence electrons. The number of carbonyl (C=O) groups is 2. The van der Waals surface area contributed by atoms with Crippen molar-refractivity contribution in [2.75, 3.05) is 0 Å². The van der Waals surface area contributed by atoms with E-state index in [-0.39, 0.29) is 11.6 Å². The molecule has 1 aromatic carbocycles. The number of rotatable bonds is 4. The lowest BCUT2D eigenvalue weighted by Gasteiger charge is -2.17. The van der Waals surface area contributed by atoms with Crippen LogP contribution in [0.4, 0.5) is 13.2 Å². The maximum Gasteiger partial charge on any atom is 0.416 e. The molecule has 2 rings (SSSR count). The topological polar surface area (TPSA) is 55.4 Å². The highest BCUT2D eigenvalue weighted by Gasteiger charge is 2.30. The minimum Gasteiger partial charge on any atom is -0.449 e. The quantitative estimate of drug-likeness (QED) is 0.862. The van der Waals surface area contributed by atoms with Crippen LogP contribution in [0.3, 0.4) is 0 Å². The molecule has 1 N–H and O–H groups in total. The Labute approximate surface area is 132 Å². The number of ether oxygens (including phenoxy) is 1. The molecular formula is C16H18F3NO3.